The van der Waals surface area contributed by atoms with Crippen LogP contribution < -0.4 is 22.5 Å². The lowest BCUT2D eigenvalue weighted by atomic mass is 10.0. The molecule has 172 valence electrons. The molecule has 0 bridgehead atoms. The highest BCUT2D eigenvalue weighted by molar-refractivity contribution is 6.00. The summed E-state index contributed by atoms with van der Waals surface area (Å²) in [5.74, 6) is -3.83. The maximum Gasteiger partial charge on any atom is 0.333 e. The molecule has 1 aromatic heterocycles. The Kier molecular flexibility index (Phi) is 6.59. The molecule has 2 amide bonds. The first-order valence-electron chi connectivity index (χ1n) is 9.71. The van der Waals surface area contributed by atoms with Gasteiger partial charge in [0.15, 0.2) is 0 Å². The molecule has 1 heterocycles. The molecule has 0 aliphatic carbocycles. The zero-order chi connectivity index (χ0) is 24.3. The van der Waals surface area contributed by atoms with Gasteiger partial charge in [-0.3, -0.25) is 19.2 Å². The van der Waals surface area contributed by atoms with E-state index in [2.05, 4.69) is 10.3 Å². The zero-order valence-electron chi connectivity index (χ0n) is 17.1. The van der Waals surface area contributed by atoms with Gasteiger partial charge in [0.1, 0.15) is 11.8 Å². The Morgan fingerprint density at radius 1 is 1.09 bits per heavy atom. The summed E-state index contributed by atoms with van der Waals surface area (Å²) < 4.78 is 0.760. The molecule has 12 heteroatoms. The molecule has 0 spiro atoms. The fourth-order valence-corrected chi connectivity index (χ4v) is 3.26. The molecule has 0 saturated carbocycles. The second-order valence-corrected chi connectivity index (χ2v) is 7.34. The van der Waals surface area contributed by atoms with Crippen LogP contribution in [0, 0.1) is 0 Å². The zero-order valence-corrected chi connectivity index (χ0v) is 17.1. The Morgan fingerprint density at radius 3 is 2.36 bits per heavy atom. The van der Waals surface area contributed by atoms with Crippen molar-refractivity contribution in [3.63, 3.8) is 0 Å². The second kappa shape index (κ2) is 9.36. The van der Waals surface area contributed by atoms with Gasteiger partial charge in [0, 0.05) is 12.0 Å². The van der Waals surface area contributed by atoms with E-state index in [1.165, 1.54) is 42.5 Å². The van der Waals surface area contributed by atoms with Gasteiger partial charge in [0.25, 0.3) is 5.91 Å². The molecule has 12 nitrogen and oxygen atoms in total. The van der Waals surface area contributed by atoms with E-state index in [9.17, 15) is 29.1 Å². The molecule has 0 aliphatic heterocycles. The van der Waals surface area contributed by atoms with Gasteiger partial charge in [-0.1, -0.05) is 12.1 Å². The average Bonchev–Trinajstić information content (AvgIpc) is 3.08. The second-order valence-electron chi connectivity index (χ2n) is 7.34. The van der Waals surface area contributed by atoms with Crippen LogP contribution in [-0.4, -0.2) is 55.5 Å². The van der Waals surface area contributed by atoms with Crippen LogP contribution in [0.25, 0.3) is 11.0 Å². The summed E-state index contributed by atoms with van der Waals surface area (Å²) >= 11 is 0. The predicted molar refractivity (Wildman–Crippen MR) is 116 cm³/mol. The molecule has 0 radical (unpaired) electrons. The SMILES string of the molecule is NC(=O)c1ccc2[nH]c(=O)n(C(=O)[C@H](Cc3ccc(O)cc3)NC(=O)[C@@H](N)CC(=O)O)c2c1. The van der Waals surface area contributed by atoms with Crippen LogP contribution in [-0.2, 0) is 16.0 Å². The number of carboxylic acids is 1. The summed E-state index contributed by atoms with van der Waals surface area (Å²) in [5, 5.41) is 20.8. The van der Waals surface area contributed by atoms with Crippen LogP contribution >= 0.6 is 0 Å². The summed E-state index contributed by atoms with van der Waals surface area (Å²) in [6.07, 6.45) is -0.764. The number of aromatic hydroxyl groups is 1. The van der Waals surface area contributed by atoms with Crippen LogP contribution in [0.2, 0.25) is 0 Å². The van der Waals surface area contributed by atoms with E-state index in [0.717, 1.165) is 4.57 Å². The Balaban J connectivity index is 2.02. The molecule has 2 aromatic carbocycles. The number of nitrogens with zero attached hydrogens (tertiary/aromatic N) is 1. The maximum absolute atomic E-state index is 13.4. The summed E-state index contributed by atoms with van der Waals surface area (Å²) in [7, 11) is 0. The molecule has 3 rings (SSSR count). The van der Waals surface area contributed by atoms with Crippen molar-refractivity contribution >= 4 is 34.7 Å². The van der Waals surface area contributed by atoms with E-state index in [-0.39, 0.29) is 28.8 Å². The van der Waals surface area contributed by atoms with Gasteiger partial charge < -0.3 is 32.0 Å². The van der Waals surface area contributed by atoms with E-state index in [1.54, 1.807) is 0 Å². The van der Waals surface area contributed by atoms with Crippen LogP contribution in [0.5, 0.6) is 5.75 Å². The number of primary amides is 1. The number of nitrogens with two attached hydrogens (primary N) is 2. The lowest BCUT2D eigenvalue weighted by Gasteiger charge is -2.20. The van der Waals surface area contributed by atoms with Crippen molar-refractivity contribution in [2.24, 2.45) is 11.5 Å². The largest absolute Gasteiger partial charge is 0.508 e. The smallest absolute Gasteiger partial charge is 0.333 e. The minimum Gasteiger partial charge on any atom is -0.508 e. The number of imidazole rings is 1. The van der Waals surface area contributed by atoms with Crippen molar-refractivity contribution in [1.29, 1.82) is 0 Å². The lowest BCUT2D eigenvalue weighted by Crippen LogP contribution is -2.52. The van der Waals surface area contributed by atoms with Gasteiger partial charge in [-0.25, -0.2) is 9.36 Å². The van der Waals surface area contributed by atoms with E-state index >= 15 is 0 Å². The van der Waals surface area contributed by atoms with E-state index in [4.69, 9.17) is 16.6 Å². The Hall–Kier alpha value is -4.45. The first-order chi connectivity index (χ1) is 15.6. The Bertz CT molecular complexity index is 1290. The summed E-state index contributed by atoms with van der Waals surface area (Å²) in [4.78, 5) is 63.3. The Morgan fingerprint density at radius 2 is 1.76 bits per heavy atom. The molecule has 3 aromatic rings. The fourth-order valence-electron chi connectivity index (χ4n) is 3.26. The first-order valence-corrected chi connectivity index (χ1v) is 9.71. The normalized spacial score (nSPS) is 12.8. The number of benzene rings is 2. The highest BCUT2D eigenvalue weighted by Crippen LogP contribution is 2.16. The Labute approximate surface area is 185 Å². The molecule has 8 N–H and O–H groups in total. The van der Waals surface area contributed by atoms with Gasteiger partial charge in [-0.05, 0) is 35.9 Å². The number of phenolic OH excluding ortho intramolecular Hbond substituents is 1. The fraction of sp³-hybridized carbons (Fsp3) is 0.190. The monoisotopic (exact) mass is 455 g/mol. The summed E-state index contributed by atoms with van der Waals surface area (Å²) in [6.45, 7) is 0. The van der Waals surface area contributed by atoms with Crippen molar-refractivity contribution in [2.75, 3.05) is 0 Å². The van der Waals surface area contributed by atoms with Crippen molar-refractivity contribution in [3.05, 3.63) is 64.1 Å². The van der Waals surface area contributed by atoms with Crippen LogP contribution in [0.3, 0.4) is 0 Å². The summed E-state index contributed by atoms with van der Waals surface area (Å²) in [6, 6.07) is 7.10. The number of nitrogens with one attached hydrogen (secondary N) is 2. The third-order valence-electron chi connectivity index (χ3n) is 4.91. The molecule has 33 heavy (non-hydrogen) atoms. The number of phenols is 1. The molecule has 2 atom stereocenters. The first kappa shape index (κ1) is 23.2. The highest BCUT2D eigenvalue weighted by Gasteiger charge is 2.28. The van der Waals surface area contributed by atoms with Crippen LogP contribution in [0.4, 0.5) is 0 Å². The van der Waals surface area contributed by atoms with Crippen molar-refractivity contribution in [1.82, 2.24) is 14.9 Å². The van der Waals surface area contributed by atoms with Crippen molar-refractivity contribution < 1.29 is 29.4 Å². The van der Waals surface area contributed by atoms with Crippen LogP contribution in [0.15, 0.2) is 47.3 Å². The number of carboxylic acid groups (broad SMARTS) is 1. The number of aromatic amines is 1. The highest BCUT2D eigenvalue weighted by atomic mass is 16.4. The minimum absolute atomic E-state index is 0.0130. The number of hydrogen-bond acceptors (Lipinski definition) is 7. The number of hydrogen-bond donors (Lipinski definition) is 6. The number of carbonyl (C=O) groups is 4. The third-order valence-corrected chi connectivity index (χ3v) is 4.91. The van der Waals surface area contributed by atoms with Gasteiger partial charge >= 0.3 is 11.7 Å². The topological polar surface area (TPSA) is 211 Å². The molecule has 0 saturated heterocycles. The summed E-state index contributed by atoms with van der Waals surface area (Å²) in [5.41, 5.74) is 11.0. The number of fused-ring (bicyclic) bond motifs is 1. The lowest BCUT2D eigenvalue weighted by molar-refractivity contribution is -0.139. The number of aliphatic carboxylic acids is 1. The maximum atomic E-state index is 13.4. The van der Waals surface area contributed by atoms with E-state index in [0.29, 0.717) is 5.56 Å². The van der Waals surface area contributed by atoms with Gasteiger partial charge in [-0.15, -0.1) is 0 Å². The molecule has 0 fully saturated rings. The van der Waals surface area contributed by atoms with E-state index < -0.39 is 47.9 Å². The number of carbonyl (C=O) groups excluding carboxylic acids is 3. The van der Waals surface area contributed by atoms with Gasteiger partial charge in [0.05, 0.1) is 23.5 Å². The average molecular weight is 455 g/mol. The standard InChI is InChI=1S/C21H21N5O7/c22-13(9-17(28)29)19(31)24-15(7-10-1-4-12(27)5-2-10)20(32)26-16-8-11(18(23)30)3-6-14(16)25-21(26)33/h1-6,8,13,15,27H,7,9,22H2,(H2,23,30)(H,24,31)(H,25,33)(H,28,29)/t13-,15-/m0/s1. The molecule has 0 aliphatic rings. The van der Waals surface area contributed by atoms with Crippen molar-refractivity contribution in [2.45, 2.75) is 24.9 Å². The minimum atomic E-state index is -1.43. The quantitative estimate of drug-likeness (QED) is 0.255. The van der Waals surface area contributed by atoms with Crippen LogP contribution in [0.1, 0.15) is 27.1 Å². The van der Waals surface area contributed by atoms with E-state index in [1.807, 2.05) is 0 Å². The molecular formula is C21H21N5O7. The third kappa shape index (κ3) is 5.25. The molecule has 0 unspecified atom stereocenters. The number of amides is 2. The van der Waals surface area contributed by atoms with Gasteiger partial charge in [0.2, 0.25) is 11.8 Å². The number of rotatable bonds is 8. The predicted octanol–water partition coefficient (Wildman–Crippen LogP) is -0.696. The van der Waals surface area contributed by atoms with Crippen molar-refractivity contribution in [3.8, 4) is 5.75 Å². The number of H-pyrrole nitrogens is 1. The molecular weight excluding hydrogens is 434 g/mol. The van der Waals surface area contributed by atoms with Gasteiger partial charge in [-0.2, -0.15) is 0 Å². The number of aromatic nitrogens is 2.